The van der Waals surface area contributed by atoms with Gasteiger partial charge < -0.3 is 5.32 Å². The third kappa shape index (κ3) is 4.25. The van der Waals surface area contributed by atoms with Gasteiger partial charge in [-0.1, -0.05) is 27.7 Å². The van der Waals surface area contributed by atoms with E-state index in [4.69, 9.17) is 0 Å². The zero-order chi connectivity index (χ0) is 12.1. The number of rotatable bonds is 6. The molecule has 0 saturated heterocycles. The molecular weight excluding hydrogens is 198 g/mol. The Morgan fingerprint density at radius 2 is 1.94 bits per heavy atom. The number of nitrogens with zero attached hydrogens (tertiary/aromatic N) is 2. The molecule has 1 atom stereocenters. The third-order valence-corrected chi connectivity index (χ3v) is 2.95. The number of nitrogens with one attached hydrogen (secondary N) is 1. The van der Waals surface area contributed by atoms with E-state index in [9.17, 15) is 0 Å². The molecule has 0 aliphatic rings. The molecule has 3 nitrogen and oxygen atoms in total. The predicted molar refractivity (Wildman–Crippen MR) is 69.6 cm³/mol. The van der Waals surface area contributed by atoms with Crippen LogP contribution in [0.2, 0.25) is 0 Å². The third-order valence-electron chi connectivity index (χ3n) is 2.95. The van der Waals surface area contributed by atoms with E-state index in [2.05, 4.69) is 57.3 Å². The monoisotopic (exact) mass is 223 g/mol. The summed E-state index contributed by atoms with van der Waals surface area (Å²) in [7, 11) is 0. The zero-order valence-corrected chi connectivity index (χ0v) is 11.2. The Morgan fingerprint density at radius 1 is 1.25 bits per heavy atom. The molecule has 0 bridgehead atoms. The molecule has 1 N–H and O–H groups in total. The Labute approximate surface area is 99.2 Å². The van der Waals surface area contributed by atoms with Gasteiger partial charge in [0.2, 0.25) is 0 Å². The lowest BCUT2D eigenvalue weighted by molar-refractivity contribution is 0.486. The summed E-state index contributed by atoms with van der Waals surface area (Å²) >= 11 is 0. The summed E-state index contributed by atoms with van der Waals surface area (Å²) in [5, 5.41) is 7.93. The standard InChI is InChI=1S/C13H25N3/c1-10(2)6-8-16-9-7-13(15-16)14-12(5)11(3)4/h7,9-12H,6,8H2,1-5H3,(H,14,15). The van der Waals surface area contributed by atoms with Gasteiger partial charge in [0.25, 0.3) is 0 Å². The van der Waals surface area contributed by atoms with E-state index in [0.29, 0.717) is 12.0 Å². The van der Waals surface area contributed by atoms with Gasteiger partial charge in [0.15, 0.2) is 0 Å². The normalized spacial score (nSPS) is 13.4. The Bertz CT molecular complexity index is 302. The van der Waals surface area contributed by atoms with E-state index in [1.807, 2.05) is 4.68 Å². The van der Waals surface area contributed by atoms with E-state index in [-0.39, 0.29) is 0 Å². The summed E-state index contributed by atoms with van der Waals surface area (Å²) in [5.74, 6) is 2.35. The van der Waals surface area contributed by atoms with Crippen molar-refractivity contribution in [3.05, 3.63) is 12.3 Å². The van der Waals surface area contributed by atoms with Crippen molar-refractivity contribution in [2.45, 2.75) is 53.6 Å². The highest BCUT2D eigenvalue weighted by molar-refractivity contribution is 5.33. The minimum Gasteiger partial charge on any atom is -0.366 e. The second kappa shape index (κ2) is 5.92. The summed E-state index contributed by atoms with van der Waals surface area (Å²) in [6.45, 7) is 12.1. The lowest BCUT2D eigenvalue weighted by Gasteiger charge is -2.16. The van der Waals surface area contributed by atoms with Crippen LogP contribution in [-0.2, 0) is 6.54 Å². The molecule has 0 amide bonds. The molecule has 0 aliphatic heterocycles. The summed E-state index contributed by atoms with van der Waals surface area (Å²) < 4.78 is 2.02. The molecule has 16 heavy (non-hydrogen) atoms. The molecule has 92 valence electrons. The Balaban J connectivity index is 2.45. The Hall–Kier alpha value is -0.990. The summed E-state index contributed by atoms with van der Waals surface area (Å²) in [6, 6.07) is 2.52. The maximum atomic E-state index is 4.51. The fourth-order valence-corrected chi connectivity index (χ4v) is 1.35. The Morgan fingerprint density at radius 3 is 2.50 bits per heavy atom. The molecule has 0 saturated carbocycles. The van der Waals surface area contributed by atoms with Gasteiger partial charge in [-0.3, -0.25) is 4.68 Å². The van der Waals surface area contributed by atoms with Crippen LogP contribution in [0.15, 0.2) is 12.3 Å². The molecule has 0 spiro atoms. The molecule has 0 aromatic carbocycles. The van der Waals surface area contributed by atoms with E-state index in [1.165, 1.54) is 6.42 Å². The van der Waals surface area contributed by atoms with Crippen LogP contribution in [0.4, 0.5) is 5.82 Å². The average Bonchev–Trinajstić information content (AvgIpc) is 2.62. The molecule has 1 rings (SSSR count). The van der Waals surface area contributed by atoms with Gasteiger partial charge in [0.1, 0.15) is 5.82 Å². The van der Waals surface area contributed by atoms with Crippen molar-refractivity contribution in [1.82, 2.24) is 9.78 Å². The number of aromatic nitrogens is 2. The maximum absolute atomic E-state index is 4.51. The lowest BCUT2D eigenvalue weighted by Crippen LogP contribution is -2.21. The highest BCUT2D eigenvalue weighted by Crippen LogP contribution is 2.10. The van der Waals surface area contributed by atoms with Crippen molar-refractivity contribution in [2.75, 3.05) is 5.32 Å². The van der Waals surface area contributed by atoms with Gasteiger partial charge in [0, 0.05) is 24.8 Å². The highest BCUT2D eigenvalue weighted by Gasteiger charge is 2.08. The molecule has 1 aromatic heterocycles. The van der Waals surface area contributed by atoms with E-state index in [1.54, 1.807) is 0 Å². The first-order chi connectivity index (χ1) is 7.49. The van der Waals surface area contributed by atoms with Gasteiger partial charge >= 0.3 is 0 Å². The van der Waals surface area contributed by atoms with Crippen LogP contribution in [0.5, 0.6) is 0 Å². The Kier molecular flexibility index (Phi) is 4.84. The number of aryl methyl sites for hydroxylation is 1. The fourth-order valence-electron chi connectivity index (χ4n) is 1.35. The largest absolute Gasteiger partial charge is 0.366 e. The quantitative estimate of drug-likeness (QED) is 0.801. The van der Waals surface area contributed by atoms with Crippen LogP contribution >= 0.6 is 0 Å². The fraction of sp³-hybridized carbons (Fsp3) is 0.769. The SMILES string of the molecule is CC(C)CCn1ccc(NC(C)C(C)C)n1. The number of hydrogen-bond donors (Lipinski definition) is 1. The molecule has 1 aromatic rings. The topological polar surface area (TPSA) is 29.9 Å². The van der Waals surface area contributed by atoms with E-state index in [0.717, 1.165) is 18.3 Å². The predicted octanol–water partition coefficient (Wildman–Crippen LogP) is 3.39. The number of anilines is 1. The molecular formula is C13H25N3. The smallest absolute Gasteiger partial charge is 0.148 e. The van der Waals surface area contributed by atoms with Crippen LogP contribution < -0.4 is 5.32 Å². The van der Waals surface area contributed by atoms with Crippen molar-refractivity contribution in [1.29, 1.82) is 0 Å². The first kappa shape index (κ1) is 13.1. The average molecular weight is 223 g/mol. The molecule has 0 fully saturated rings. The van der Waals surface area contributed by atoms with Crippen LogP contribution in [-0.4, -0.2) is 15.8 Å². The summed E-state index contributed by atoms with van der Waals surface area (Å²) in [5.41, 5.74) is 0. The second-order valence-electron chi connectivity index (χ2n) is 5.32. The molecule has 3 heteroatoms. The number of hydrogen-bond acceptors (Lipinski definition) is 2. The van der Waals surface area contributed by atoms with Crippen LogP contribution in [0.1, 0.15) is 41.0 Å². The highest BCUT2D eigenvalue weighted by atomic mass is 15.3. The van der Waals surface area contributed by atoms with Gasteiger partial charge in [0.05, 0.1) is 0 Å². The molecule has 1 unspecified atom stereocenters. The van der Waals surface area contributed by atoms with E-state index < -0.39 is 0 Å². The minimum absolute atomic E-state index is 0.466. The van der Waals surface area contributed by atoms with Gasteiger partial charge in [-0.15, -0.1) is 0 Å². The second-order valence-corrected chi connectivity index (χ2v) is 5.32. The first-order valence-corrected chi connectivity index (χ1v) is 6.29. The molecule has 0 radical (unpaired) electrons. The zero-order valence-electron chi connectivity index (χ0n) is 11.2. The van der Waals surface area contributed by atoms with Crippen LogP contribution in [0.3, 0.4) is 0 Å². The van der Waals surface area contributed by atoms with Crippen molar-refractivity contribution >= 4 is 5.82 Å². The maximum Gasteiger partial charge on any atom is 0.148 e. The van der Waals surface area contributed by atoms with Crippen molar-refractivity contribution in [2.24, 2.45) is 11.8 Å². The van der Waals surface area contributed by atoms with Crippen molar-refractivity contribution in [3.8, 4) is 0 Å². The van der Waals surface area contributed by atoms with E-state index >= 15 is 0 Å². The molecule has 0 aliphatic carbocycles. The minimum atomic E-state index is 0.466. The van der Waals surface area contributed by atoms with Crippen molar-refractivity contribution in [3.63, 3.8) is 0 Å². The van der Waals surface area contributed by atoms with Gasteiger partial charge in [-0.2, -0.15) is 5.10 Å². The van der Waals surface area contributed by atoms with Crippen LogP contribution in [0, 0.1) is 11.8 Å². The molecule has 1 heterocycles. The van der Waals surface area contributed by atoms with Gasteiger partial charge in [-0.25, -0.2) is 0 Å². The lowest BCUT2D eigenvalue weighted by atomic mass is 10.1. The summed E-state index contributed by atoms with van der Waals surface area (Å²) in [6.07, 6.45) is 3.23. The first-order valence-electron chi connectivity index (χ1n) is 6.29. The summed E-state index contributed by atoms with van der Waals surface area (Å²) in [4.78, 5) is 0. The van der Waals surface area contributed by atoms with Crippen LogP contribution in [0.25, 0.3) is 0 Å². The van der Waals surface area contributed by atoms with Gasteiger partial charge in [-0.05, 0) is 25.2 Å². The van der Waals surface area contributed by atoms with Crippen molar-refractivity contribution < 1.29 is 0 Å².